The van der Waals surface area contributed by atoms with E-state index in [4.69, 9.17) is 20.9 Å². The van der Waals surface area contributed by atoms with E-state index in [1.165, 1.54) is 11.0 Å². The molecular weight excluding hydrogens is 320 g/mol. The molecule has 6 nitrogen and oxygen atoms in total. The van der Waals surface area contributed by atoms with Crippen LogP contribution in [-0.2, 0) is 11.3 Å². The maximum atomic E-state index is 12.4. The van der Waals surface area contributed by atoms with Gasteiger partial charge in [-0.05, 0) is 17.7 Å². The van der Waals surface area contributed by atoms with Crippen molar-refractivity contribution in [2.75, 3.05) is 32.8 Å². The lowest BCUT2D eigenvalue weighted by Gasteiger charge is -2.28. The molecule has 23 heavy (non-hydrogen) atoms. The van der Waals surface area contributed by atoms with Crippen molar-refractivity contribution in [3.63, 3.8) is 0 Å². The van der Waals surface area contributed by atoms with Gasteiger partial charge in [0.1, 0.15) is 6.26 Å². The van der Waals surface area contributed by atoms with E-state index in [0.717, 1.165) is 18.7 Å². The van der Waals surface area contributed by atoms with Gasteiger partial charge in [0.05, 0.1) is 31.4 Å². The minimum Gasteiger partial charge on any atom is -0.390 e. The predicted molar refractivity (Wildman–Crippen MR) is 86.7 cm³/mol. The van der Waals surface area contributed by atoms with Gasteiger partial charge in [0.2, 0.25) is 0 Å². The summed E-state index contributed by atoms with van der Waals surface area (Å²) in [6, 6.07) is 6.98. The van der Waals surface area contributed by atoms with Gasteiger partial charge < -0.3 is 14.4 Å². The van der Waals surface area contributed by atoms with E-state index >= 15 is 0 Å². The molecule has 1 fully saturated rings. The van der Waals surface area contributed by atoms with Crippen molar-refractivity contribution in [3.8, 4) is 11.1 Å². The first-order valence-corrected chi connectivity index (χ1v) is 7.94. The summed E-state index contributed by atoms with van der Waals surface area (Å²) < 4.78 is 11.8. The van der Waals surface area contributed by atoms with E-state index < -0.39 is 6.10 Å². The number of hydrogen-bond acceptors (Lipinski definition) is 5. The van der Waals surface area contributed by atoms with Crippen molar-refractivity contribution in [3.05, 3.63) is 45.9 Å². The van der Waals surface area contributed by atoms with Gasteiger partial charge in [-0.15, -0.1) is 0 Å². The Morgan fingerprint density at radius 1 is 1.17 bits per heavy atom. The van der Waals surface area contributed by atoms with Crippen LogP contribution in [0.15, 0.2) is 39.8 Å². The Balaban J connectivity index is 1.66. The van der Waals surface area contributed by atoms with Crippen LogP contribution >= 0.6 is 11.6 Å². The molecule has 1 aromatic heterocycles. The van der Waals surface area contributed by atoms with E-state index in [2.05, 4.69) is 4.90 Å². The monoisotopic (exact) mass is 338 g/mol. The molecule has 1 aromatic carbocycles. The first kappa shape index (κ1) is 16.3. The Kier molecular flexibility index (Phi) is 5.17. The third-order valence-corrected chi connectivity index (χ3v) is 4.11. The van der Waals surface area contributed by atoms with E-state index in [-0.39, 0.29) is 12.1 Å². The maximum Gasteiger partial charge on any atom is 0.290 e. The van der Waals surface area contributed by atoms with Gasteiger partial charge in [0.15, 0.2) is 0 Å². The number of aromatic nitrogens is 1. The molecule has 2 heterocycles. The fraction of sp³-hybridized carbons (Fsp3) is 0.438. The number of ether oxygens (including phenoxy) is 1. The van der Waals surface area contributed by atoms with Crippen molar-refractivity contribution in [2.24, 2.45) is 0 Å². The normalized spacial score (nSPS) is 17.3. The van der Waals surface area contributed by atoms with Crippen LogP contribution in [0.1, 0.15) is 0 Å². The molecule has 1 atom stereocenters. The van der Waals surface area contributed by atoms with E-state index in [1.807, 2.05) is 0 Å². The largest absolute Gasteiger partial charge is 0.390 e. The van der Waals surface area contributed by atoms with Crippen molar-refractivity contribution < 1.29 is 14.4 Å². The molecule has 0 bridgehead atoms. The van der Waals surface area contributed by atoms with Crippen LogP contribution < -0.4 is 5.56 Å². The zero-order chi connectivity index (χ0) is 16.2. The number of aliphatic hydroxyl groups excluding tert-OH is 1. The maximum absolute atomic E-state index is 12.4. The minimum atomic E-state index is -0.671. The molecule has 0 aliphatic carbocycles. The highest BCUT2D eigenvalue weighted by molar-refractivity contribution is 6.30. The highest BCUT2D eigenvalue weighted by Gasteiger charge is 2.18. The first-order valence-electron chi connectivity index (χ1n) is 7.56. The summed E-state index contributed by atoms with van der Waals surface area (Å²) in [5.74, 6) is 0. The zero-order valence-electron chi connectivity index (χ0n) is 12.7. The zero-order valence-corrected chi connectivity index (χ0v) is 13.4. The highest BCUT2D eigenvalue weighted by atomic mass is 35.5. The van der Waals surface area contributed by atoms with Crippen LogP contribution in [0, 0.1) is 0 Å². The van der Waals surface area contributed by atoms with Gasteiger partial charge in [-0.25, -0.2) is 0 Å². The van der Waals surface area contributed by atoms with Gasteiger partial charge in [-0.3, -0.25) is 9.69 Å². The number of hydrogen-bond donors (Lipinski definition) is 1. The third kappa shape index (κ3) is 4.03. The summed E-state index contributed by atoms with van der Waals surface area (Å²) in [5.41, 5.74) is 0.943. The molecule has 7 heteroatoms. The number of nitrogens with zero attached hydrogens (tertiary/aromatic N) is 2. The molecule has 1 aliphatic rings. The number of halogens is 1. The van der Waals surface area contributed by atoms with E-state index in [0.29, 0.717) is 30.3 Å². The van der Waals surface area contributed by atoms with Crippen LogP contribution in [0.25, 0.3) is 11.1 Å². The van der Waals surface area contributed by atoms with Crippen LogP contribution in [-0.4, -0.2) is 53.7 Å². The van der Waals surface area contributed by atoms with Gasteiger partial charge in [-0.2, -0.15) is 4.74 Å². The third-order valence-electron chi connectivity index (χ3n) is 3.86. The van der Waals surface area contributed by atoms with Crippen molar-refractivity contribution in [1.82, 2.24) is 9.64 Å². The summed E-state index contributed by atoms with van der Waals surface area (Å²) in [6.07, 6.45) is 0.738. The lowest BCUT2D eigenvalue weighted by Crippen LogP contribution is -2.42. The molecule has 0 saturated carbocycles. The fourth-order valence-corrected chi connectivity index (χ4v) is 2.75. The average Bonchev–Trinajstić information content (AvgIpc) is 2.90. The Morgan fingerprint density at radius 2 is 1.87 bits per heavy atom. The second-order valence-electron chi connectivity index (χ2n) is 5.58. The second-order valence-corrected chi connectivity index (χ2v) is 6.01. The standard InChI is InChI=1S/C16H19ClN2O4/c17-13-3-1-12(2-4-13)15-11-23-19(16(15)21)10-14(20)9-18-5-7-22-8-6-18/h1-4,11,14,20H,5-10H2. The molecule has 0 spiro atoms. The Labute approximate surface area is 138 Å². The predicted octanol–water partition coefficient (Wildman–Crippen LogP) is 1.45. The van der Waals surface area contributed by atoms with Crippen LogP contribution in [0.4, 0.5) is 0 Å². The highest BCUT2D eigenvalue weighted by Crippen LogP contribution is 2.18. The van der Waals surface area contributed by atoms with Crippen molar-refractivity contribution in [2.45, 2.75) is 12.6 Å². The van der Waals surface area contributed by atoms with Gasteiger partial charge >= 0.3 is 0 Å². The number of rotatable bonds is 5. The topological polar surface area (TPSA) is 67.8 Å². The molecular formula is C16H19ClN2O4. The van der Waals surface area contributed by atoms with Gasteiger partial charge in [0, 0.05) is 24.7 Å². The summed E-state index contributed by atoms with van der Waals surface area (Å²) >= 11 is 5.85. The molecule has 1 N–H and O–H groups in total. The molecule has 1 unspecified atom stereocenters. The molecule has 0 amide bonds. The van der Waals surface area contributed by atoms with Gasteiger partial charge in [-0.1, -0.05) is 23.7 Å². The van der Waals surface area contributed by atoms with Crippen molar-refractivity contribution >= 4 is 11.6 Å². The van der Waals surface area contributed by atoms with Crippen LogP contribution in [0.3, 0.4) is 0 Å². The lowest BCUT2D eigenvalue weighted by atomic mass is 10.1. The minimum absolute atomic E-state index is 0.129. The molecule has 2 aromatic rings. The molecule has 0 radical (unpaired) electrons. The Bertz CT molecular complexity index is 689. The average molecular weight is 339 g/mol. The summed E-state index contributed by atoms with van der Waals surface area (Å²) in [7, 11) is 0. The van der Waals surface area contributed by atoms with E-state index in [1.54, 1.807) is 24.3 Å². The number of β-amino-alcohol motifs (C(OH)–C–C–N with tert-alkyl or cyclic N) is 1. The molecule has 3 rings (SSSR count). The smallest absolute Gasteiger partial charge is 0.290 e. The van der Waals surface area contributed by atoms with Gasteiger partial charge in [0.25, 0.3) is 5.56 Å². The molecule has 1 saturated heterocycles. The summed E-state index contributed by atoms with van der Waals surface area (Å²) in [6.45, 7) is 3.55. The number of aliphatic hydroxyl groups is 1. The van der Waals surface area contributed by atoms with Crippen molar-refractivity contribution in [1.29, 1.82) is 0 Å². The second kappa shape index (κ2) is 7.31. The summed E-state index contributed by atoms with van der Waals surface area (Å²) in [5, 5.41) is 10.8. The van der Waals surface area contributed by atoms with Crippen LogP contribution in [0.2, 0.25) is 5.02 Å². The Morgan fingerprint density at radius 3 is 2.57 bits per heavy atom. The number of morpholine rings is 1. The van der Waals surface area contributed by atoms with E-state index in [9.17, 15) is 9.90 Å². The SMILES string of the molecule is O=c1c(-c2ccc(Cl)cc2)con1CC(O)CN1CCOCC1. The first-order chi connectivity index (χ1) is 11.1. The number of benzene rings is 1. The molecule has 1 aliphatic heterocycles. The lowest BCUT2D eigenvalue weighted by molar-refractivity contribution is 0.00589. The summed E-state index contributed by atoms with van der Waals surface area (Å²) in [4.78, 5) is 14.5. The van der Waals surface area contributed by atoms with Crippen LogP contribution in [0.5, 0.6) is 0 Å². The fourth-order valence-electron chi connectivity index (χ4n) is 2.63. The Hall–Kier alpha value is -1.60. The quantitative estimate of drug-likeness (QED) is 0.894. The molecule has 124 valence electrons.